The van der Waals surface area contributed by atoms with E-state index in [0.717, 1.165) is 13.1 Å². The van der Waals surface area contributed by atoms with Crippen LogP contribution in [0.25, 0.3) is 0 Å². The van der Waals surface area contributed by atoms with Crippen molar-refractivity contribution in [2.75, 3.05) is 6.54 Å². The molecule has 0 saturated carbocycles. The highest BCUT2D eigenvalue weighted by Gasteiger charge is 2.19. The van der Waals surface area contributed by atoms with E-state index in [2.05, 4.69) is 62.5 Å². The van der Waals surface area contributed by atoms with Crippen LogP contribution in [0.5, 0.6) is 0 Å². The van der Waals surface area contributed by atoms with Gasteiger partial charge in [-0.1, -0.05) is 42.0 Å². The minimum Gasteiger partial charge on any atom is -0.312 e. The maximum atomic E-state index is 3.57. The van der Waals surface area contributed by atoms with Crippen LogP contribution in [0.2, 0.25) is 0 Å². The van der Waals surface area contributed by atoms with Crippen LogP contribution in [-0.4, -0.2) is 6.54 Å². The second kappa shape index (κ2) is 6.03. The first-order chi connectivity index (χ1) is 10.1. The number of aryl methyl sites for hydroxylation is 3. The lowest BCUT2D eigenvalue weighted by Crippen LogP contribution is -2.28. The molecule has 0 aliphatic carbocycles. The molecule has 1 heterocycles. The minimum atomic E-state index is 0.648. The van der Waals surface area contributed by atoms with Crippen molar-refractivity contribution in [3.8, 4) is 0 Å². The molecule has 1 N–H and O–H groups in total. The van der Waals surface area contributed by atoms with Crippen LogP contribution in [0.4, 0.5) is 0 Å². The van der Waals surface area contributed by atoms with E-state index in [4.69, 9.17) is 0 Å². The summed E-state index contributed by atoms with van der Waals surface area (Å²) < 4.78 is 0. The summed E-state index contributed by atoms with van der Waals surface area (Å²) in [6.07, 6.45) is 2.41. The molecule has 1 heteroatoms. The fourth-order valence-electron chi connectivity index (χ4n) is 3.76. The molecule has 0 spiro atoms. The van der Waals surface area contributed by atoms with Gasteiger partial charge in [-0.2, -0.15) is 0 Å². The molecule has 0 aromatic heterocycles. The Morgan fingerprint density at radius 2 is 1.76 bits per heavy atom. The van der Waals surface area contributed by atoms with Gasteiger partial charge in [0.2, 0.25) is 0 Å². The highest BCUT2D eigenvalue weighted by molar-refractivity contribution is 5.38. The smallest absolute Gasteiger partial charge is 0.0208 e. The van der Waals surface area contributed by atoms with E-state index in [1.165, 1.54) is 35.1 Å². The maximum absolute atomic E-state index is 3.57. The molecule has 0 amide bonds. The van der Waals surface area contributed by atoms with Crippen molar-refractivity contribution in [2.45, 2.75) is 46.1 Å². The molecule has 1 nitrogen and oxygen atoms in total. The Morgan fingerprint density at radius 1 is 1.05 bits per heavy atom. The molecular weight excluding hydrogens is 254 g/mol. The van der Waals surface area contributed by atoms with Gasteiger partial charge in [-0.3, -0.25) is 0 Å². The van der Waals surface area contributed by atoms with E-state index in [9.17, 15) is 0 Å². The molecule has 0 fully saturated rings. The fourth-order valence-corrected chi connectivity index (χ4v) is 3.76. The first-order valence-electron chi connectivity index (χ1n) is 8.00. The van der Waals surface area contributed by atoms with E-state index >= 15 is 0 Å². The maximum Gasteiger partial charge on any atom is 0.0208 e. The number of benzene rings is 2. The fraction of sp³-hybridized carbons (Fsp3) is 0.400. The van der Waals surface area contributed by atoms with Crippen molar-refractivity contribution >= 4 is 0 Å². The Morgan fingerprint density at radius 3 is 2.52 bits per heavy atom. The highest BCUT2D eigenvalue weighted by atomic mass is 14.9. The molecule has 1 aliphatic rings. The Balaban J connectivity index is 1.78. The lowest BCUT2D eigenvalue weighted by atomic mass is 9.85. The number of rotatable bonds is 3. The Bertz CT molecular complexity index is 619. The second-order valence-corrected chi connectivity index (χ2v) is 6.44. The summed E-state index contributed by atoms with van der Waals surface area (Å²) in [5.74, 6) is 0.648. The molecule has 1 aliphatic heterocycles. The molecular formula is C20H25N. The van der Waals surface area contributed by atoms with Gasteiger partial charge in [0.05, 0.1) is 0 Å². The van der Waals surface area contributed by atoms with E-state index in [1.807, 2.05) is 0 Å². The molecule has 1 atom stereocenters. The zero-order chi connectivity index (χ0) is 14.8. The summed E-state index contributed by atoms with van der Waals surface area (Å²) in [5, 5.41) is 3.57. The third-order valence-electron chi connectivity index (χ3n) is 4.78. The lowest BCUT2D eigenvalue weighted by molar-refractivity contribution is 0.513. The molecule has 3 rings (SSSR count). The Kier molecular flexibility index (Phi) is 4.12. The van der Waals surface area contributed by atoms with Crippen LogP contribution >= 0.6 is 0 Å². The highest BCUT2D eigenvalue weighted by Crippen LogP contribution is 2.29. The van der Waals surface area contributed by atoms with Crippen molar-refractivity contribution in [1.82, 2.24) is 5.32 Å². The van der Waals surface area contributed by atoms with Crippen LogP contribution in [-0.2, 0) is 13.0 Å². The zero-order valence-electron chi connectivity index (χ0n) is 13.4. The number of nitrogens with one attached hydrogen (secondary N) is 1. The van der Waals surface area contributed by atoms with Crippen LogP contribution in [0.1, 0.15) is 45.7 Å². The van der Waals surface area contributed by atoms with Crippen molar-refractivity contribution in [3.63, 3.8) is 0 Å². The summed E-state index contributed by atoms with van der Waals surface area (Å²) in [6.45, 7) is 8.83. The van der Waals surface area contributed by atoms with Gasteiger partial charge in [0.15, 0.2) is 0 Å². The zero-order valence-corrected chi connectivity index (χ0v) is 13.4. The van der Waals surface area contributed by atoms with Crippen molar-refractivity contribution in [3.05, 3.63) is 69.8 Å². The Labute approximate surface area is 128 Å². The van der Waals surface area contributed by atoms with Gasteiger partial charge in [0, 0.05) is 13.1 Å². The normalized spacial score (nSPS) is 17.6. The van der Waals surface area contributed by atoms with Gasteiger partial charge < -0.3 is 5.32 Å². The standard InChI is InChI=1S/C20H25N/c1-14-10-15(2)19(16(3)11-14)9-8-18-13-21-12-17-6-4-5-7-20(17)18/h4-7,10-11,18,21H,8-9,12-13H2,1-3H3. The SMILES string of the molecule is Cc1cc(C)c(CCC2CNCc3ccccc32)c(C)c1. The first-order valence-corrected chi connectivity index (χ1v) is 8.00. The number of fused-ring (bicyclic) bond motifs is 1. The van der Waals surface area contributed by atoms with E-state index in [-0.39, 0.29) is 0 Å². The first kappa shape index (κ1) is 14.3. The average Bonchev–Trinajstić information content (AvgIpc) is 2.46. The number of hydrogen-bond donors (Lipinski definition) is 1. The van der Waals surface area contributed by atoms with E-state index < -0.39 is 0 Å². The van der Waals surface area contributed by atoms with Gasteiger partial charge in [-0.15, -0.1) is 0 Å². The lowest BCUT2D eigenvalue weighted by Gasteiger charge is -2.27. The average molecular weight is 279 g/mol. The van der Waals surface area contributed by atoms with Crippen molar-refractivity contribution in [1.29, 1.82) is 0 Å². The van der Waals surface area contributed by atoms with Crippen molar-refractivity contribution < 1.29 is 0 Å². The second-order valence-electron chi connectivity index (χ2n) is 6.44. The summed E-state index contributed by atoms with van der Waals surface area (Å²) in [5.41, 5.74) is 8.85. The van der Waals surface area contributed by atoms with E-state index in [1.54, 1.807) is 11.1 Å². The molecule has 0 radical (unpaired) electrons. The third-order valence-corrected chi connectivity index (χ3v) is 4.78. The monoisotopic (exact) mass is 279 g/mol. The summed E-state index contributed by atoms with van der Waals surface area (Å²) in [7, 11) is 0. The topological polar surface area (TPSA) is 12.0 Å². The van der Waals surface area contributed by atoms with Gasteiger partial charge in [0.1, 0.15) is 0 Å². The molecule has 2 aromatic carbocycles. The quantitative estimate of drug-likeness (QED) is 0.876. The Hall–Kier alpha value is -1.60. The van der Waals surface area contributed by atoms with Gasteiger partial charge >= 0.3 is 0 Å². The van der Waals surface area contributed by atoms with E-state index in [0.29, 0.717) is 5.92 Å². The predicted molar refractivity (Wildman–Crippen MR) is 89.9 cm³/mol. The molecule has 21 heavy (non-hydrogen) atoms. The summed E-state index contributed by atoms with van der Waals surface area (Å²) in [4.78, 5) is 0. The summed E-state index contributed by atoms with van der Waals surface area (Å²) >= 11 is 0. The molecule has 0 saturated heterocycles. The van der Waals surface area contributed by atoms with Crippen LogP contribution in [0.3, 0.4) is 0 Å². The third kappa shape index (κ3) is 3.03. The van der Waals surface area contributed by atoms with Crippen LogP contribution in [0, 0.1) is 20.8 Å². The van der Waals surface area contributed by atoms with Gasteiger partial charge in [0.25, 0.3) is 0 Å². The van der Waals surface area contributed by atoms with Gasteiger partial charge in [-0.25, -0.2) is 0 Å². The summed E-state index contributed by atoms with van der Waals surface area (Å²) in [6, 6.07) is 13.5. The molecule has 0 bridgehead atoms. The molecule has 2 aromatic rings. The molecule has 110 valence electrons. The van der Waals surface area contributed by atoms with Gasteiger partial charge in [-0.05, 0) is 67.3 Å². The van der Waals surface area contributed by atoms with Crippen molar-refractivity contribution in [2.24, 2.45) is 0 Å². The number of hydrogen-bond acceptors (Lipinski definition) is 1. The minimum absolute atomic E-state index is 0.648. The van der Waals surface area contributed by atoms with Crippen LogP contribution in [0.15, 0.2) is 36.4 Å². The van der Waals surface area contributed by atoms with Crippen LogP contribution < -0.4 is 5.32 Å². The molecule has 1 unspecified atom stereocenters. The largest absolute Gasteiger partial charge is 0.312 e. The predicted octanol–water partition coefficient (Wildman–Crippen LogP) is 4.43.